The molecule has 1 aliphatic heterocycles. The van der Waals surface area contributed by atoms with E-state index in [1.807, 2.05) is 4.90 Å². The Morgan fingerprint density at radius 3 is 2.47 bits per heavy atom. The summed E-state index contributed by atoms with van der Waals surface area (Å²) < 4.78 is 25.7. The van der Waals surface area contributed by atoms with Gasteiger partial charge in [-0.05, 0) is 24.1 Å². The van der Waals surface area contributed by atoms with Gasteiger partial charge in [-0.15, -0.1) is 0 Å². The smallest absolute Gasteiger partial charge is 0.126 e. The molecule has 1 atom stereocenters. The van der Waals surface area contributed by atoms with Crippen LogP contribution < -0.4 is 0 Å². The molecule has 2 nitrogen and oxygen atoms in total. The lowest BCUT2D eigenvalue weighted by atomic mass is 10.2. The number of benzene rings is 1. The van der Waals surface area contributed by atoms with Crippen LogP contribution in [0, 0.1) is 11.6 Å². The van der Waals surface area contributed by atoms with Crippen molar-refractivity contribution in [3.05, 3.63) is 35.4 Å². The monoisotopic (exact) mass is 213 g/mol. The van der Waals surface area contributed by atoms with Gasteiger partial charge >= 0.3 is 0 Å². The molecular formula is C11H13F2NO. The molecule has 2 rings (SSSR count). The lowest BCUT2D eigenvalue weighted by Crippen LogP contribution is -2.21. The van der Waals surface area contributed by atoms with Crippen molar-refractivity contribution in [1.29, 1.82) is 0 Å². The molecule has 15 heavy (non-hydrogen) atoms. The highest BCUT2D eigenvalue weighted by molar-refractivity contribution is 5.17. The van der Waals surface area contributed by atoms with Crippen LogP contribution in [0.25, 0.3) is 0 Å². The summed E-state index contributed by atoms with van der Waals surface area (Å²) in [5.74, 6) is -1.10. The van der Waals surface area contributed by atoms with Crippen molar-refractivity contribution < 1.29 is 13.9 Å². The Kier molecular flexibility index (Phi) is 2.98. The van der Waals surface area contributed by atoms with Crippen LogP contribution in [-0.4, -0.2) is 29.2 Å². The standard InChI is InChI=1S/C11H13F2NO/c12-9-3-8(4-10(13)5-9)6-14-2-1-11(15)7-14/h3-5,11,15H,1-2,6-7H2/t11-/m1/s1. The Balaban J connectivity index is 2.04. The Hall–Kier alpha value is -1.00. The van der Waals surface area contributed by atoms with Gasteiger partial charge in [0.25, 0.3) is 0 Å². The number of aliphatic hydroxyl groups excluding tert-OH is 1. The molecule has 1 aromatic rings. The third-order valence-electron chi connectivity index (χ3n) is 2.58. The highest BCUT2D eigenvalue weighted by Crippen LogP contribution is 2.15. The first-order valence-corrected chi connectivity index (χ1v) is 4.99. The molecule has 1 fully saturated rings. The average Bonchev–Trinajstić information content (AvgIpc) is 2.49. The summed E-state index contributed by atoms with van der Waals surface area (Å²) in [4.78, 5) is 1.98. The lowest BCUT2D eigenvalue weighted by Gasteiger charge is -2.14. The van der Waals surface area contributed by atoms with Crippen LogP contribution in [0.5, 0.6) is 0 Å². The first-order chi connectivity index (χ1) is 7.13. The molecule has 0 unspecified atom stereocenters. The molecule has 1 aliphatic rings. The van der Waals surface area contributed by atoms with E-state index in [0.717, 1.165) is 19.0 Å². The summed E-state index contributed by atoms with van der Waals surface area (Å²) >= 11 is 0. The molecule has 0 amide bonds. The van der Waals surface area contributed by atoms with E-state index in [4.69, 9.17) is 0 Å². The average molecular weight is 213 g/mol. The fraction of sp³-hybridized carbons (Fsp3) is 0.455. The van der Waals surface area contributed by atoms with Gasteiger partial charge in [0.05, 0.1) is 6.10 Å². The summed E-state index contributed by atoms with van der Waals surface area (Å²) in [6.07, 6.45) is 0.432. The van der Waals surface area contributed by atoms with E-state index in [-0.39, 0.29) is 6.10 Å². The second-order valence-electron chi connectivity index (χ2n) is 3.96. The zero-order valence-corrected chi connectivity index (χ0v) is 8.29. The number of β-amino-alcohol motifs (C(OH)–C–C–N with tert-alkyl or cyclic N) is 1. The zero-order chi connectivity index (χ0) is 10.8. The van der Waals surface area contributed by atoms with Crippen molar-refractivity contribution in [2.45, 2.75) is 19.1 Å². The van der Waals surface area contributed by atoms with E-state index in [9.17, 15) is 13.9 Å². The van der Waals surface area contributed by atoms with E-state index >= 15 is 0 Å². The highest BCUT2D eigenvalue weighted by atomic mass is 19.1. The van der Waals surface area contributed by atoms with Crippen molar-refractivity contribution in [2.75, 3.05) is 13.1 Å². The van der Waals surface area contributed by atoms with Gasteiger partial charge in [0, 0.05) is 25.7 Å². The van der Waals surface area contributed by atoms with Gasteiger partial charge in [0.15, 0.2) is 0 Å². The molecular weight excluding hydrogens is 200 g/mol. The molecule has 82 valence electrons. The van der Waals surface area contributed by atoms with Gasteiger partial charge in [-0.1, -0.05) is 0 Å². The fourth-order valence-electron chi connectivity index (χ4n) is 1.92. The molecule has 1 N–H and O–H groups in total. The van der Waals surface area contributed by atoms with E-state index in [0.29, 0.717) is 18.7 Å². The first-order valence-electron chi connectivity index (χ1n) is 4.99. The van der Waals surface area contributed by atoms with Crippen molar-refractivity contribution in [1.82, 2.24) is 4.90 Å². The van der Waals surface area contributed by atoms with E-state index in [2.05, 4.69) is 0 Å². The lowest BCUT2D eigenvalue weighted by molar-refractivity contribution is 0.174. The van der Waals surface area contributed by atoms with Crippen LogP contribution in [0.4, 0.5) is 8.78 Å². The zero-order valence-electron chi connectivity index (χ0n) is 8.29. The van der Waals surface area contributed by atoms with Gasteiger partial charge in [-0.2, -0.15) is 0 Å². The Labute approximate surface area is 87.1 Å². The van der Waals surface area contributed by atoms with Gasteiger partial charge in [-0.25, -0.2) is 8.78 Å². The summed E-state index contributed by atoms with van der Waals surface area (Å²) in [5, 5.41) is 9.30. The molecule has 0 radical (unpaired) electrons. The van der Waals surface area contributed by atoms with Crippen LogP contribution in [0.1, 0.15) is 12.0 Å². The molecule has 0 saturated carbocycles. The minimum Gasteiger partial charge on any atom is -0.392 e. The van der Waals surface area contributed by atoms with Crippen molar-refractivity contribution in [3.8, 4) is 0 Å². The minimum absolute atomic E-state index is 0.302. The van der Waals surface area contributed by atoms with Crippen LogP contribution in [-0.2, 0) is 6.54 Å². The number of hydrogen-bond acceptors (Lipinski definition) is 2. The van der Waals surface area contributed by atoms with Gasteiger partial charge in [-0.3, -0.25) is 4.90 Å². The number of rotatable bonds is 2. The number of halogens is 2. The molecule has 0 bridgehead atoms. The molecule has 1 aromatic carbocycles. The molecule has 0 spiro atoms. The third kappa shape index (κ3) is 2.73. The number of aliphatic hydroxyl groups is 1. The van der Waals surface area contributed by atoms with E-state index in [1.54, 1.807) is 0 Å². The van der Waals surface area contributed by atoms with Crippen molar-refractivity contribution in [3.63, 3.8) is 0 Å². The Morgan fingerprint density at radius 2 is 1.93 bits per heavy atom. The third-order valence-corrected chi connectivity index (χ3v) is 2.58. The van der Waals surface area contributed by atoms with Gasteiger partial charge in [0.2, 0.25) is 0 Å². The van der Waals surface area contributed by atoms with E-state index < -0.39 is 11.6 Å². The summed E-state index contributed by atoms with van der Waals surface area (Å²) in [6, 6.07) is 3.52. The van der Waals surface area contributed by atoms with Crippen LogP contribution >= 0.6 is 0 Å². The van der Waals surface area contributed by atoms with E-state index in [1.165, 1.54) is 12.1 Å². The quantitative estimate of drug-likeness (QED) is 0.805. The van der Waals surface area contributed by atoms with Crippen molar-refractivity contribution >= 4 is 0 Å². The second-order valence-corrected chi connectivity index (χ2v) is 3.96. The molecule has 1 heterocycles. The second kappa shape index (κ2) is 4.24. The largest absolute Gasteiger partial charge is 0.392 e. The summed E-state index contributed by atoms with van der Waals surface area (Å²) in [7, 11) is 0. The normalized spacial score (nSPS) is 22.2. The molecule has 1 saturated heterocycles. The molecule has 0 aromatic heterocycles. The predicted molar refractivity (Wildman–Crippen MR) is 52.3 cm³/mol. The SMILES string of the molecule is O[C@@H]1CCN(Cc2cc(F)cc(F)c2)C1. The summed E-state index contributed by atoms with van der Waals surface area (Å²) in [6.45, 7) is 1.85. The number of hydrogen-bond donors (Lipinski definition) is 1. The maximum atomic E-state index is 12.9. The predicted octanol–water partition coefficient (Wildman–Crippen LogP) is 1.53. The van der Waals surface area contributed by atoms with Gasteiger partial charge in [0.1, 0.15) is 11.6 Å². The van der Waals surface area contributed by atoms with Crippen LogP contribution in [0.15, 0.2) is 18.2 Å². The number of nitrogens with zero attached hydrogens (tertiary/aromatic N) is 1. The Morgan fingerprint density at radius 1 is 1.27 bits per heavy atom. The Bertz CT molecular complexity index is 336. The summed E-state index contributed by atoms with van der Waals surface area (Å²) in [5.41, 5.74) is 0.613. The first kappa shape index (κ1) is 10.5. The highest BCUT2D eigenvalue weighted by Gasteiger charge is 2.20. The fourth-order valence-corrected chi connectivity index (χ4v) is 1.92. The van der Waals surface area contributed by atoms with Crippen LogP contribution in [0.2, 0.25) is 0 Å². The topological polar surface area (TPSA) is 23.5 Å². The van der Waals surface area contributed by atoms with Crippen LogP contribution in [0.3, 0.4) is 0 Å². The van der Waals surface area contributed by atoms with Crippen molar-refractivity contribution in [2.24, 2.45) is 0 Å². The molecule has 4 heteroatoms. The van der Waals surface area contributed by atoms with Gasteiger partial charge < -0.3 is 5.11 Å². The number of likely N-dealkylation sites (tertiary alicyclic amines) is 1. The minimum atomic E-state index is -0.551. The maximum absolute atomic E-state index is 12.9. The molecule has 0 aliphatic carbocycles. The maximum Gasteiger partial charge on any atom is 0.126 e.